The first-order valence-corrected chi connectivity index (χ1v) is 10.9. The first-order valence-electron chi connectivity index (χ1n) is 9.44. The lowest BCUT2D eigenvalue weighted by atomic mass is 10.1. The zero-order chi connectivity index (χ0) is 21.0. The van der Waals surface area contributed by atoms with Gasteiger partial charge in [0.2, 0.25) is 10.0 Å². The van der Waals surface area contributed by atoms with Gasteiger partial charge in [0.15, 0.2) is 11.5 Å². The molecule has 0 aliphatic carbocycles. The van der Waals surface area contributed by atoms with Crippen molar-refractivity contribution < 1.29 is 22.8 Å². The topological polar surface area (TPSA) is 84.1 Å². The van der Waals surface area contributed by atoms with Gasteiger partial charge in [-0.05, 0) is 48.9 Å². The average Bonchev–Trinajstić information content (AvgIpc) is 2.75. The Morgan fingerprint density at radius 3 is 2.21 bits per heavy atom. The van der Waals surface area contributed by atoms with Crippen LogP contribution in [0.25, 0.3) is 0 Å². The van der Waals surface area contributed by atoms with Gasteiger partial charge in [0.1, 0.15) is 6.54 Å². The number of piperazine rings is 1. The van der Waals surface area contributed by atoms with Gasteiger partial charge in [-0.3, -0.25) is 0 Å². The van der Waals surface area contributed by atoms with Gasteiger partial charge in [0.25, 0.3) is 0 Å². The maximum atomic E-state index is 12.9. The number of hydrogen-bond acceptors (Lipinski definition) is 5. The van der Waals surface area contributed by atoms with E-state index in [9.17, 15) is 8.42 Å². The van der Waals surface area contributed by atoms with Crippen molar-refractivity contribution in [3.8, 4) is 17.6 Å². The van der Waals surface area contributed by atoms with Crippen LogP contribution in [-0.4, -0.2) is 53.1 Å². The van der Waals surface area contributed by atoms with Gasteiger partial charge >= 0.3 is 0 Å². The van der Waals surface area contributed by atoms with E-state index in [2.05, 4.69) is 0 Å². The van der Waals surface area contributed by atoms with Gasteiger partial charge in [-0.15, -0.1) is 0 Å². The van der Waals surface area contributed by atoms with Crippen LogP contribution in [0.15, 0.2) is 41.3 Å². The number of hydrogen-bond donors (Lipinski definition) is 1. The molecule has 1 fully saturated rings. The van der Waals surface area contributed by atoms with Crippen LogP contribution in [0.5, 0.6) is 11.5 Å². The van der Waals surface area contributed by atoms with Crippen molar-refractivity contribution in [3.63, 3.8) is 0 Å². The zero-order valence-corrected chi connectivity index (χ0v) is 17.8. The number of benzene rings is 2. The molecule has 0 unspecified atom stereocenters. The summed E-state index contributed by atoms with van der Waals surface area (Å²) >= 11 is 0. The molecule has 2 aromatic rings. The van der Waals surface area contributed by atoms with Gasteiger partial charge in [-0.2, -0.15) is 9.57 Å². The lowest BCUT2D eigenvalue weighted by Crippen LogP contribution is -3.13. The van der Waals surface area contributed by atoms with Crippen LogP contribution in [0, 0.1) is 18.3 Å². The predicted octanol–water partition coefficient (Wildman–Crippen LogP) is 0.973. The number of quaternary nitrogens is 1. The smallest absolute Gasteiger partial charge is 0.243 e. The van der Waals surface area contributed by atoms with Crippen LogP contribution in [0.3, 0.4) is 0 Å². The molecule has 1 heterocycles. The van der Waals surface area contributed by atoms with Crippen molar-refractivity contribution in [2.45, 2.75) is 18.4 Å². The third-order valence-electron chi connectivity index (χ3n) is 5.33. The second-order valence-electron chi connectivity index (χ2n) is 7.10. The Balaban J connectivity index is 1.67. The fourth-order valence-electron chi connectivity index (χ4n) is 3.55. The monoisotopic (exact) mass is 416 g/mol. The highest BCUT2D eigenvalue weighted by molar-refractivity contribution is 7.89. The van der Waals surface area contributed by atoms with Crippen molar-refractivity contribution in [3.05, 3.63) is 53.1 Å². The first-order chi connectivity index (χ1) is 13.9. The van der Waals surface area contributed by atoms with Gasteiger partial charge in [-0.1, -0.05) is 0 Å². The van der Waals surface area contributed by atoms with Crippen LogP contribution >= 0.6 is 0 Å². The fourth-order valence-corrected chi connectivity index (χ4v) is 4.99. The number of aryl methyl sites for hydroxylation is 1. The largest absolute Gasteiger partial charge is 0.493 e. The molecule has 1 saturated heterocycles. The van der Waals surface area contributed by atoms with Crippen LogP contribution in [-0.2, 0) is 16.6 Å². The standard InChI is InChI=1S/C21H25N3O4S/c1-16-12-20(27-2)21(28-3)13-18(16)15-23-8-10-24(11-9-23)29(25,26)19-6-4-17(14-22)5-7-19/h4-7,12-13H,8-11,15H2,1-3H3/p+1. The summed E-state index contributed by atoms with van der Waals surface area (Å²) in [6.45, 7) is 5.22. The number of nitriles is 1. The molecule has 0 saturated carbocycles. The lowest BCUT2D eigenvalue weighted by molar-refractivity contribution is -0.917. The third-order valence-corrected chi connectivity index (χ3v) is 7.25. The van der Waals surface area contributed by atoms with Gasteiger partial charge in [0.05, 0.1) is 56.9 Å². The van der Waals surface area contributed by atoms with E-state index in [0.717, 1.165) is 25.2 Å². The fraction of sp³-hybridized carbons (Fsp3) is 0.381. The first kappa shape index (κ1) is 21.1. The highest BCUT2D eigenvalue weighted by atomic mass is 32.2. The molecule has 0 aromatic heterocycles. The SMILES string of the molecule is COc1cc(C)c(C[NH+]2CCN(S(=O)(=O)c3ccc(C#N)cc3)CC2)cc1OC. The van der Waals surface area contributed by atoms with E-state index in [4.69, 9.17) is 14.7 Å². The van der Waals surface area contributed by atoms with E-state index >= 15 is 0 Å². The summed E-state index contributed by atoms with van der Waals surface area (Å²) in [5.74, 6) is 1.41. The second kappa shape index (κ2) is 8.82. The normalized spacial score (nSPS) is 15.7. The molecule has 2 aromatic carbocycles. The van der Waals surface area contributed by atoms with Crippen molar-refractivity contribution in [2.24, 2.45) is 0 Å². The van der Waals surface area contributed by atoms with Gasteiger partial charge < -0.3 is 14.4 Å². The summed E-state index contributed by atoms with van der Waals surface area (Å²) in [6, 6.07) is 12.0. The summed E-state index contributed by atoms with van der Waals surface area (Å²) in [5, 5.41) is 8.88. The minimum atomic E-state index is -3.54. The van der Waals surface area contributed by atoms with E-state index < -0.39 is 10.0 Å². The predicted molar refractivity (Wildman–Crippen MR) is 109 cm³/mol. The molecule has 29 heavy (non-hydrogen) atoms. The number of ether oxygens (including phenoxy) is 2. The Hall–Kier alpha value is -2.60. The van der Waals surface area contributed by atoms with Crippen molar-refractivity contribution in [2.75, 3.05) is 40.4 Å². The number of nitrogens with zero attached hydrogens (tertiary/aromatic N) is 2. The quantitative estimate of drug-likeness (QED) is 0.759. The van der Waals surface area contributed by atoms with Crippen LogP contribution in [0.2, 0.25) is 0 Å². The summed E-state index contributed by atoms with van der Waals surface area (Å²) in [6.07, 6.45) is 0. The number of methoxy groups -OCH3 is 2. The molecule has 0 amide bonds. The molecule has 1 aliphatic rings. The molecule has 7 nitrogen and oxygen atoms in total. The summed E-state index contributed by atoms with van der Waals surface area (Å²) in [4.78, 5) is 1.56. The minimum absolute atomic E-state index is 0.232. The van der Waals surface area contributed by atoms with Gasteiger partial charge in [0, 0.05) is 5.56 Å². The van der Waals surface area contributed by atoms with Crippen LogP contribution < -0.4 is 14.4 Å². The van der Waals surface area contributed by atoms with Crippen molar-refractivity contribution in [1.29, 1.82) is 5.26 Å². The second-order valence-corrected chi connectivity index (χ2v) is 9.04. The zero-order valence-electron chi connectivity index (χ0n) is 16.9. The molecule has 0 radical (unpaired) electrons. The van der Waals surface area contributed by atoms with Gasteiger partial charge in [-0.25, -0.2) is 8.42 Å². The summed E-state index contributed by atoms with van der Waals surface area (Å²) in [7, 11) is -0.295. The van der Waals surface area contributed by atoms with Crippen molar-refractivity contribution in [1.82, 2.24) is 4.31 Å². The molecule has 154 valence electrons. The van der Waals surface area contributed by atoms with E-state index in [1.165, 1.54) is 39.0 Å². The Kier molecular flexibility index (Phi) is 6.42. The molecule has 1 aliphatic heterocycles. The third kappa shape index (κ3) is 4.53. The Morgan fingerprint density at radius 1 is 1.07 bits per heavy atom. The number of sulfonamides is 1. The van der Waals surface area contributed by atoms with Crippen LogP contribution in [0.1, 0.15) is 16.7 Å². The maximum absolute atomic E-state index is 12.9. The summed E-state index contributed by atoms with van der Waals surface area (Å²) in [5.41, 5.74) is 2.74. The Labute approximate surface area is 172 Å². The van der Waals surface area contributed by atoms with E-state index in [1.54, 1.807) is 14.2 Å². The molecule has 0 bridgehead atoms. The van der Waals surface area contributed by atoms with Crippen molar-refractivity contribution >= 4 is 10.0 Å². The maximum Gasteiger partial charge on any atom is 0.243 e. The molecule has 0 spiro atoms. The summed E-state index contributed by atoms with van der Waals surface area (Å²) < 4.78 is 38.0. The van der Waals surface area contributed by atoms with E-state index in [1.807, 2.05) is 25.1 Å². The molecular weight excluding hydrogens is 390 g/mol. The lowest BCUT2D eigenvalue weighted by Gasteiger charge is -2.32. The molecule has 1 N–H and O–H groups in total. The number of rotatable bonds is 6. The van der Waals surface area contributed by atoms with E-state index in [0.29, 0.717) is 30.2 Å². The highest BCUT2D eigenvalue weighted by Gasteiger charge is 2.30. The van der Waals surface area contributed by atoms with Crippen LogP contribution in [0.4, 0.5) is 0 Å². The molecular formula is C21H26N3O4S+. The Bertz CT molecular complexity index is 1010. The molecule has 0 atom stereocenters. The van der Waals surface area contributed by atoms with E-state index in [-0.39, 0.29) is 4.90 Å². The number of nitrogens with one attached hydrogen (secondary N) is 1. The average molecular weight is 417 g/mol. The highest BCUT2D eigenvalue weighted by Crippen LogP contribution is 2.30. The Morgan fingerprint density at radius 2 is 1.66 bits per heavy atom. The molecule has 3 rings (SSSR count). The minimum Gasteiger partial charge on any atom is -0.493 e. The molecule has 8 heteroatoms.